The lowest BCUT2D eigenvalue weighted by Gasteiger charge is -1.97. The molecule has 1 heterocycles. The van der Waals surface area contributed by atoms with Gasteiger partial charge in [-0.2, -0.15) is 0 Å². The van der Waals surface area contributed by atoms with Gasteiger partial charge < -0.3 is 12.6 Å². The molecule has 1 aromatic heterocycles. The van der Waals surface area contributed by atoms with Gasteiger partial charge >= 0.3 is 0 Å². The summed E-state index contributed by atoms with van der Waals surface area (Å²) in [5.74, 6) is 2.03. The third kappa shape index (κ3) is 5.21. The summed E-state index contributed by atoms with van der Waals surface area (Å²) in [7, 11) is 2.06. The molecule has 0 radical (unpaired) electrons. The number of nitrogens with zero attached hydrogens (tertiary/aromatic N) is 2. The molecule has 13 heavy (non-hydrogen) atoms. The largest absolute Gasteiger partial charge is 0.696 e. The van der Waals surface area contributed by atoms with E-state index < -0.39 is 0 Å². The summed E-state index contributed by atoms with van der Waals surface area (Å²) in [5.41, 5.74) is 0. The Morgan fingerprint density at radius 2 is 2.23 bits per heavy atom. The van der Waals surface area contributed by atoms with E-state index in [2.05, 4.69) is 43.1 Å². The second kappa shape index (κ2) is 6.44. The number of aromatic amines is 1. The van der Waals surface area contributed by atoms with E-state index in [1.54, 1.807) is 0 Å². The number of hydrogen-bond acceptors (Lipinski definition) is 2. The fraction of sp³-hybridized carbons (Fsp3) is 0.556. The number of nitriles is 1. The number of thiocyanates is 1. The van der Waals surface area contributed by atoms with Crippen LogP contribution in [0, 0.1) is 16.6 Å². The summed E-state index contributed by atoms with van der Waals surface area (Å²) >= 11 is 3.70. The Hall–Kier alpha value is -1.08. The molecule has 1 rings (SSSR count). The number of H-pyrrole nitrogens is 1. The van der Waals surface area contributed by atoms with Gasteiger partial charge in [0, 0.05) is 0 Å². The minimum Gasteiger partial charge on any atom is -0.696 e. The van der Waals surface area contributed by atoms with Crippen LogP contribution in [0.15, 0.2) is 12.4 Å². The quantitative estimate of drug-likeness (QED) is 0.437. The predicted molar refractivity (Wildman–Crippen MR) is 53.5 cm³/mol. The maximum Gasteiger partial charge on any atom is 0.254 e. The van der Waals surface area contributed by atoms with Crippen molar-refractivity contribution in [3.8, 4) is 5.40 Å². The lowest BCUT2D eigenvalue weighted by Crippen LogP contribution is -2.31. The fourth-order valence-electron chi connectivity index (χ4n) is 1.03. The average Bonchev–Trinajstić information content (AvgIpc) is 2.37. The van der Waals surface area contributed by atoms with Crippen molar-refractivity contribution in [3.05, 3.63) is 18.2 Å². The first-order chi connectivity index (χ1) is 6.11. The summed E-state index contributed by atoms with van der Waals surface area (Å²) in [6.45, 7) is 4.45. The number of aryl methyl sites for hydroxylation is 1. The lowest BCUT2D eigenvalue weighted by atomic mass is 10.1. The summed E-state index contributed by atoms with van der Waals surface area (Å²) in [4.78, 5) is 3.20. The van der Waals surface area contributed by atoms with Crippen LogP contribution in [0.1, 0.15) is 19.7 Å². The van der Waals surface area contributed by atoms with Crippen LogP contribution in [0.4, 0.5) is 0 Å². The molecule has 0 unspecified atom stereocenters. The van der Waals surface area contributed by atoms with Crippen molar-refractivity contribution in [2.75, 3.05) is 0 Å². The highest BCUT2D eigenvalue weighted by Crippen LogP contribution is 1.99. The van der Waals surface area contributed by atoms with Crippen LogP contribution in [0.25, 0.3) is 0 Å². The molecule has 0 saturated carbocycles. The first-order valence-electron chi connectivity index (χ1n) is 4.15. The van der Waals surface area contributed by atoms with Crippen molar-refractivity contribution in [3.63, 3.8) is 0 Å². The molecule has 1 N–H and O–H groups in total. The Morgan fingerprint density at radius 3 is 2.54 bits per heavy atom. The molecule has 0 spiro atoms. The Kier molecular flexibility index (Phi) is 5.90. The fourth-order valence-corrected chi connectivity index (χ4v) is 1.03. The molecule has 1 aromatic rings. The summed E-state index contributed by atoms with van der Waals surface area (Å²) in [5, 5.41) is 8.47. The van der Waals surface area contributed by atoms with Gasteiger partial charge in [-0.1, -0.05) is 19.2 Å². The second-order valence-corrected chi connectivity index (χ2v) is 3.39. The van der Waals surface area contributed by atoms with Crippen LogP contribution < -0.4 is 4.57 Å². The minimum absolute atomic E-state index is 0.727. The van der Waals surface area contributed by atoms with Gasteiger partial charge in [-0.25, -0.2) is 14.8 Å². The van der Waals surface area contributed by atoms with E-state index in [1.807, 2.05) is 12.4 Å². The zero-order valence-corrected chi connectivity index (χ0v) is 9.06. The Morgan fingerprint density at radius 1 is 1.69 bits per heavy atom. The average molecular weight is 197 g/mol. The number of rotatable bonds is 2. The SMILES string of the molecule is CC(C)Cc1[nH]cc[n+]1C.N#C[S-]. The number of imidazole rings is 1. The maximum absolute atomic E-state index is 7.13. The van der Waals surface area contributed by atoms with Crippen LogP contribution in [0.3, 0.4) is 0 Å². The van der Waals surface area contributed by atoms with Crippen molar-refractivity contribution in [2.45, 2.75) is 20.3 Å². The topological polar surface area (TPSA) is 43.5 Å². The predicted octanol–water partition coefficient (Wildman–Crippen LogP) is 1.05. The van der Waals surface area contributed by atoms with Gasteiger partial charge in [-0.3, -0.25) is 0 Å². The van der Waals surface area contributed by atoms with E-state index in [9.17, 15) is 0 Å². The van der Waals surface area contributed by atoms with Crippen LogP contribution >= 0.6 is 0 Å². The highest BCUT2D eigenvalue weighted by atomic mass is 32.1. The molecule has 0 aliphatic heterocycles. The van der Waals surface area contributed by atoms with Gasteiger partial charge in [0.15, 0.2) is 0 Å². The molecule has 3 nitrogen and oxygen atoms in total. The molecule has 0 saturated heterocycles. The van der Waals surface area contributed by atoms with Crippen molar-refractivity contribution in [1.29, 1.82) is 5.26 Å². The van der Waals surface area contributed by atoms with Crippen molar-refractivity contribution < 1.29 is 4.57 Å². The highest BCUT2D eigenvalue weighted by Gasteiger charge is 2.07. The van der Waals surface area contributed by atoms with Crippen LogP contribution in [0.2, 0.25) is 0 Å². The lowest BCUT2D eigenvalue weighted by molar-refractivity contribution is -0.678. The summed E-state index contributed by atoms with van der Waals surface area (Å²) in [6, 6.07) is 0. The first kappa shape index (κ1) is 11.9. The molecule has 0 bridgehead atoms. The van der Waals surface area contributed by atoms with E-state index in [-0.39, 0.29) is 0 Å². The normalized spacial score (nSPS) is 8.85. The monoisotopic (exact) mass is 197 g/mol. The zero-order chi connectivity index (χ0) is 10.3. The van der Waals surface area contributed by atoms with Crippen molar-refractivity contribution >= 4 is 12.6 Å². The summed E-state index contributed by atoms with van der Waals surface area (Å²) < 4.78 is 2.12. The number of aromatic nitrogens is 2. The van der Waals surface area contributed by atoms with Crippen LogP contribution in [-0.2, 0) is 26.1 Å². The van der Waals surface area contributed by atoms with Gasteiger partial charge in [-0.15, -0.1) is 0 Å². The molecule has 0 atom stereocenters. The van der Waals surface area contributed by atoms with Gasteiger partial charge in [-0.05, 0) is 5.92 Å². The van der Waals surface area contributed by atoms with Gasteiger partial charge in [0.1, 0.15) is 12.4 Å². The zero-order valence-electron chi connectivity index (χ0n) is 8.24. The molecule has 0 amide bonds. The highest BCUT2D eigenvalue weighted by molar-refractivity contribution is 7.64. The Balaban J connectivity index is 0.000000424. The third-order valence-corrected chi connectivity index (χ3v) is 1.58. The molecule has 0 fully saturated rings. The number of hydrogen-bond donors (Lipinski definition) is 1. The van der Waals surface area contributed by atoms with E-state index in [0.29, 0.717) is 0 Å². The van der Waals surface area contributed by atoms with Gasteiger partial charge in [0.2, 0.25) is 0 Å². The molecule has 0 aliphatic rings. The van der Waals surface area contributed by atoms with Crippen molar-refractivity contribution in [2.24, 2.45) is 13.0 Å². The van der Waals surface area contributed by atoms with Gasteiger partial charge in [0.05, 0.1) is 13.5 Å². The molecule has 72 valence electrons. The van der Waals surface area contributed by atoms with E-state index in [4.69, 9.17) is 5.26 Å². The maximum atomic E-state index is 7.13. The van der Waals surface area contributed by atoms with Crippen molar-refractivity contribution in [1.82, 2.24) is 4.98 Å². The standard InChI is InChI=1S/C8H14N2.CHNS/c1-7(2)6-8-9-4-5-10(8)3;2-1-3/h4-5,7H,6H2,1-3H3;3H. The molecular formula is C9H15N3S. The van der Waals surface area contributed by atoms with Gasteiger partial charge in [0.25, 0.3) is 5.82 Å². The minimum atomic E-state index is 0.727. The van der Waals surface area contributed by atoms with E-state index in [0.717, 1.165) is 12.3 Å². The molecule has 0 aliphatic carbocycles. The Bertz CT molecular complexity index is 273. The third-order valence-electron chi connectivity index (χ3n) is 1.58. The Labute approximate surface area is 84.8 Å². The first-order valence-corrected chi connectivity index (χ1v) is 4.55. The smallest absolute Gasteiger partial charge is 0.254 e. The summed E-state index contributed by atoms with van der Waals surface area (Å²) in [6.07, 6.45) is 5.14. The van der Waals surface area contributed by atoms with E-state index in [1.165, 1.54) is 11.2 Å². The number of nitrogens with one attached hydrogen (secondary N) is 1. The van der Waals surface area contributed by atoms with Crippen LogP contribution in [0.5, 0.6) is 0 Å². The molecule has 0 aromatic carbocycles. The van der Waals surface area contributed by atoms with Crippen LogP contribution in [-0.4, -0.2) is 4.98 Å². The molecular weight excluding hydrogens is 182 g/mol. The second-order valence-electron chi connectivity index (χ2n) is 3.21. The van der Waals surface area contributed by atoms with E-state index >= 15 is 0 Å². The molecule has 4 heteroatoms.